The van der Waals surface area contributed by atoms with Gasteiger partial charge in [-0.05, 0) is 74.7 Å². The van der Waals surface area contributed by atoms with E-state index in [4.69, 9.17) is 56.6 Å². The van der Waals surface area contributed by atoms with Crippen LogP contribution >= 0.6 is 0 Å². The first-order chi connectivity index (χ1) is 46.2. The largest absolute Gasteiger partial charge is 0.481 e. The quantitative estimate of drug-likeness (QED) is 0.150. The van der Waals surface area contributed by atoms with Crippen molar-refractivity contribution in [1.82, 2.24) is 103 Å². The van der Waals surface area contributed by atoms with Crippen molar-refractivity contribution >= 4 is 40.3 Å². The number of hydrogen-bond donors (Lipinski definition) is 0. The second kappa shape index (κ2) is 26.0. The fourth-order valence-corrected chi connectivity index (χ4v) is 13.8. The van der Waals surface area contributed by atoms with E-state index in [2.05, 4.69) is 64.5 Å². The normalized spacial score (nSPS) is 15.9. The van der Waals surface area contributed by atoms with Gasteiger partial charge in [0.15, 0.2) is 0 Å². The van der Waals surface area contributed by atoms with Crippen molar-refractivity contribution in [3.8, 4) is 39.7 Å². The number of amides is 3. The molecule has 3 aliphatic heterocycles. The zero-order valence-electron chi connectivity index (χ0n) is 56.9. The van der Waals surface area contributed by atoms with Gasteiger partial charge in [0.2, 0.25) is 23.6 Å². The average Bonchev–Trinajstić information content (AvgIpc) is 1.74. The first kappa shape index (κ1) is 64.1. The Morgan fingerprint density at radius 2 is 0.865 bits per heavy atom. The van der Waals surface area contributed by atoms with Gasteiger partial charge in [0.25, 0.3) is 5.82 Å². The van der Waals surface area contributed by atoms with E-state index < -0.39 is 0 Å². The van der Waals surface area contributed by atoms with E-state index >= 15 is 0 Å². The summed E-state index contributed by atoms with van der Waals surface area (Å²) >= 11 is 0. The van der Waals surface area contributed by atoms with E-state index in [0.29, 0.717) is 99.3 Å². The lowest BCUT2D eigenvalue weighted by Gasteiger charge is -2.26. The Kier molecular flexibility index (Phi) is 17.3. The van der Waals surface area contributed by atoms with Crippen LogP contribution in [0.4, 0.5) is 5.82 Å². The summed E-state index contributed by atoms with van der Waals surface area (Å²) in [5, 5.41) is 28.1. The molecule has 0 fully saturated rings. The molecule has 0 unspecified atom stereocenters. The van der Waals surface area contributed by atoms with Gasteiger partial charge < -0.3 is 24.3 Å². The van der Waals surface area contributed by atoms with Crippen molar-refractivity contribution < 1.29 is 19.1 Å². The van der Waals surface area contributed by atoms with Crippen LogP contribution in [0.5, 0.6) is 5.88 Å². The van der Waals surface area contributed by atoms with Gasteiger partial charge in [0.1, 0.15) is 5.69 Å². The van der Waals surface area contributed by atoms with Crippen molar-refractivity contribution in [2.75, 3.05) is 14.2 Å². The number of methoxy groups -OCH3 is 1. The highest BCUT2D eigenvalue weighted by atomic mass is 16.5. The number of rotatable bonds is 3. The number of aromatic nitrogens is 18. The second-order valence-electron chi connectivity index (χ2n) is 25.9. The van der Waals surface area contributed by atoms with E-state index in [9.17, 15) is 14.4 Å². The van der Waals surface area contributed by atoms with Gasteiger partial charge in [0, 0.05) is 155 Å². The molecule has 9 aromatic heterocycles. The van der Waals surface area contributed by atoms with Crippen molar-refractivity contribution in [2.45, 2.75) is 165 Å². The van der Waals surface area contributed by atoms with Crippen LogP contribution < -0.4 is 4.74 Å². The molecule has 0 N–H and O–H groups in total. The maximum atomic E-state index is 13.2. The zero-order chi connectivity index (χ0) is 67.5. The first-order valence-corrected chi connectivity index (χ1v) is 32.9. The topological polar surface area (TPSA) is 259 Å². The lowest BCUT2D eigenvalue weighted by Crippen LogP contribution is -2.36. The predicted octanol–water partition coefficient (Wildman–Crippen LogP) is 8.79. The molecule has 15 rings (SSSR count). The third kappa shape index (κ3) is 12.0. The third-order valence-corrected chi connectivity index (χ3v) is 18.8. The van der Waals surface area contributed by atoms with Gasteiger partial charge in [-0.2, -0.15) is 25.5 Å². The van der Waals surface area contributed by atoms with Crippen LogP contribution in [0.25, 0.3) is 55.3 Å². The van der Waals surface area contributed by atoms with Gasteiger partial charge in [-0.15, -0.1) is 5.10 Å². The SMILES string of the molecule is COc1c2c(nn1C)CN(C(C)C)C(=O)CCCn1cc(c(C)n1)C1=CCc3ncc-2nc31.Cc1nn2cc1C1=CCc3ncc(nc31)-c1c(nn(C)c1C)CN(C(C)C)C(=O)CCC2.[C-]#[N+]c1c2c(nn1C)CN(C)C(=O)CCCn1cc(c(C)n1)C1=CCc3ncc-2nc31. The minimum absolute atomic E-state index is 0.0313. The first-order valence-electron chi connectivity index (χ1n) is 32.9. The van der Waals surface area contributed by atoms with Crippen LogP contribution in [-0.2, 0) is 94.1 Å². The number of fused-ring (bicyclic) bond motifs is 18. The Hall–Kier alpha value is -10.6. The molecule has 494 valence electrons. The molecule has 0 atom stereocenters. The zero-order valence-corrected chi connectivity index (χ0v) is 56.9. The summed E-state index contributed by atoms with van der Waals surface area (Å²) in [6.45, 7) is 27.1. The molecule has 26 nitrogen and oxygen atoms in total. The molecule has 12 heterocycles. The lowest BCUT2D eigenvalue weighted by molar-refractivity contribution is -0.134. The molecule has 96 heavy (non-hydrogen) atoms. The maximum Gasteiger partial charge on any atom is 0.261 e. The Morgan fingerprint density at radius 1 is 0.479 bits per heavy atom. The molecule has 0 saturated heterocycles. The van der Waals surface area contributed by atoms with Gasteiger partial charge in [-0.3, -0.25) is 48.1 Å². The molecule has 0 aromatic carbocycles. The summed E-state index contributed by atoms with van der Waals surface area (Å²) in [7, 11) is 8.91. The van der Waals surface area contributed by atoms with Crippen molar-refractivity contribution in [2.24, 2.45) is 21.1 Å². The average molecular weight is 1290 g/mol. The Bertz CT molecular complexity index is 4740. The van der Waals surface area contributed by atoms with Gasteiger partial charge in [-0.25, -0.2) is 24.3 Å². The number of ether oxygens (including phenoxy) is 1. The summed E-state index contributed by atoms with van der Waals surface area (Å²) in [6.07, 6.45) is 23.8. The van der Waals surface area contributed by atoms with E-state index in [1.807, 2.05) is 96.6 Å². The molecule has 6 aliphatic rings. The van der Waals surface area contributed by atoms with Gasteiger partial charge in [-0.1, -0.05) is 24.8 Å². The number of carbonyl (C=O) groups is 3. The molecular formula is C70H80N22O4. The van der Waals surface area contributed by atoms with Crippen molar-refractivity contribution in [3.05, 3.63) is 158 Å². The Morgan fingerprint density at radius 3 is 1.29 bits per heavy atom. The number of aryl methyl sites for hydroxylation is 9. The Balaban J connectivity index is 0.000000130. The summed E-state index contributed by atoms with van der Waals surface area (Å²) in [4.78, 5) is 77.4. The highest BCUT2D eigenvalue weighted by molar-refractivity contribution is 5.87. The molecule has 3 amide bonds. The molecule has 9 aromatic rings. The van der Waals surface area contributed by atoms with Gasteiger partial charge >= 0.3 is 0 Å². The van der Waals surface area contributed by atoms with Crippen LogP contribution in [-0.4, -0.2) is 147 Å². The second-order valence-corrected chi connectivity index (χ2v) is 25.9. The highest BCUT2D eigenvalue weighted by Gasteiger charge is 2.33. The van der Waals surface area contributed by atoms with Crippen molar-refractivity contribution in [3.63, 3.8) is 0 Å². The summed E-state index contributed by atoms with van der Waals surface area (Å²) in [5.41, 5.74) is 22.4. The summed E-state index contributed by atoms with van der Waals surface area (Å²) < 4.78 is 16.6. The minimum atomic E-state index is 0.0313. The summed E-state index contributed by atoms with van der Waals surface area (Å²) in [6, 6.07) is 0.112. The fraction of sp³-hybridized carbons (Fsp3) is 0.429. The number of allylic oxidation sites excluding steroid dienone is 3. The lowest BCUT2D eigenvalue weighted by atomic mass is 10.0. The molecule has 26 heteroatoms. The van der Waals surface area contributed by atoms with E-state index in [1.54, 1.807) is 47.9 Å². The molecule has 0 saturated carbocycles. The smallest absolute Gasteiger partial charge is 0.261 e. The fourth-order valence-electron chi connectivity index (χ4n) is 13.8. The van der Waals surface area contributed by atoms with Gasteiger partial charge in [0.05, 0.1) is 143 Å². The monoisotopic (exact) mass is 1290 g/mol. The van der Waals surface area contributed by atoms with E-state index in [0.717, 1.165) is 151 Å². The molecule has 0 radical (unpaired) electrons. The standard InChI is InChI=1S/C24H29N7O2.C24H29N7O.C22H22N8O/c1-14(2)31-13-20-22(24(33-5)29(4)28-20)19-11-25-18-9-8-16(23(18)26-19)17-12-30(27-15(17)3)10-6-7-21(31)32;1-14(2)31-13-21-23(16(4)29(5)28-21)20-11-25-19-9-8-17(24(19)26-20)18-12-30(27-15(18)3)10-6-7-22(31)32;1-13-15-11-30(26-13)9-5-6-19(31)28(3)12-18-20(22(23-2)29(4)27-18)17-10-24-16-8-7-14(15)21(16)25-17/h8,11-12,14H,6-7,9-10,13H2,1-5H3;8,11-12,14H,6-7,9-10,13H2,1-5H3;7,10-11H,5-6,8-9,12H2,1,3-4H3. The molecule has 3 aliphatic carbocycles. The van der Waals surface area contributed by atoms with E-state index in [-0.39, 0.29) is 29.8 Å². The van der Waals surface area contributed by atoms with Crippen LogP contribution in [0.2, 0.25) is 0 Å². The molecular weight excluding hydrogens is 1210 g/mol. The van der Waals surface area contributed by atoms with Crippen molar-refractivity contribution in [1.29, 1.82) is 0 Å². The summed E-state index contributed by atoms with van der Waals surface area (Å²) in [5.74, 6) is 1.26. The molecule has 12 bridgehead atoms. The Labute approximate surface area is 557 Å². The maximum absolute atomic E-state index is 13.2. The van der Waals surface area contributed by atoms with E-state index in [1.165, 1.54) is 0 Å². The number of carbonyl (C=O) groups excluding carboxylic acids is 3. The third-order valence-electron chi connectivity index (χ3n) is 18.8. The predicted molar refractivity (Wildman–Crippen MR) is 359 cm³/mol. The number of hydrogen-bond acceptors (Lipinski definition) is 16. The molecule has 0 spiro atoms. The van der Waals surface area contributed by atoms with Crippen LogP contribution in [0.3, 0.4) is 0 Å². The number of nitrogens with zero attached hydrogens (tertiary/aromatic N) is 22. The minimum Gasteiger partial charge on any atom is -0.481 e. The van der Waals surface area contributed by atoms with Crippen LogP contribution in [0.1, 0.15) is 157 Å². The van der Waals surface area contributed by atoms with Crippen LogP contribution in [0.15, 0.2) is 55.4 Å². The highest BCUT2D eigenvalue weighted by Crippen LogP contribution is 2.41. The van der Waals surface area contributed by atoms with Crippen LogP contribution in [0, 0.1) is 34.3 Å².